The van der Waals surface area contributed by atoms with E-state index >= 15 is 0 Å². The highest BCUT2D eigenvalue weighted by Crippen LogP contribution is 2.39. The van der Waals surface area contributed by atoms with E-state index in [0.717, 1.165) is 6.54 Å². The van der Waals surface area contributed by atoms with Crippen LogP contribution in [0.15, 0.2) is 0 Å². The van der Waals surface area contributed by atoms with Crippen LogP contribution in [0.4, 0.5) is 0 Å². The van der Waals surface area contributed by atoms with Crippen LogP contribution < -0.4 is 5.32 Å². The van der Waals surface area contributed by atoms with Crippen molar-refractivity contribution in [3.63, 3.8) is 0 Å². The molecule has 1 fully saturated rings. The second kappa shape index (κ2) is 5.87. The van der Waals surface area contributed by atoms with Gasteiger partial charge in [0.15, 0.2) is 0 Å². The van der Waals surface area contributed by atoms with E-state index in [9.17, 15) is 9.59 Å². The molecule has 0 saturated heterocycles. The number of rotatable bonds is 7. The third-order valence-corrected chi connectivity index (χ3v) is 3.32. The maximum absolute atomic E-state index is 11.4. The predicted octanol–water partition coefficient (Wildman–Crippen LogP) is 1.94. The molecule has 0 unspecified atom stereocenters. The zero-order valence-electron chi connectivity index (χ0n) is 9.92. The van der Waals surface area contributed by atoms with Crippen LogP contribution in [0.3, 0.4) is 0 Å². The molecule has 2 N–H and O–H groups in total. The fraction of sp³-hybridized carbons (Fsp3) is 0.833. The molecule has 1 rings (SSSR count). The molecule has 1 aliphatic rings. The molecule has 0 aromatic rings. The monoisotopic (exact) mass is 227 g/mol. The lowest BCUT2D eigenvalue weighted by Crippen LogP contribution is -2.39. The van der Waals surface area contributed by atoms with E-state index in [4.69, 9.17) is 5.11 Å². The summed E-state index contributed by atoms with van der Waals surface area (Å²) in [6.45, 7) is 2.96. The van der Waals surface area contributed by atoms with Crippen LogP contribution in [0.1, 0.15) is 51.9 Å². The summed E-state index contributed by atoms with van der Waals surface area (Å²) in [5, 5.41) is 11.4. The summed E-state index contributed by atoms with van der Waals surface area (Å²) in [5.74, 6) is -0.735. The van der Waals surface area contributed by atoms with E-state index in [1.807, 2.05) is 0 Å². The van der Waals surface area contributed by atoms with Gasteiger partial charge in [-0.3, -0.25) is 9.59 Å². The van der Waals surface area contributed by atoms with E-state index in [0.29, 0.717) is 24.7 Å². The summed E-state index contributed by atoms with van der Waals surface area (Å²) in [5.41, 5.74) is 0.316. The fourth-order valence-corrected chi connectivity index (χ4v) is 1.92. The van der Waals surface area contributed by atoms with Crippen molar-refractivity contribution >= 4 is 11.9 Å². The first kappa shape index (κ1) is 13.0. The number of aliphatic carboxylic acids is 1. The Morgan fingerprint density at radius 1 is 1.25 bits per heavy atom. The van der Waals surface area contributed by atoms with Gasteiger partial charge in [-0.25, -0.2) is 0 Å². The molecule has 16 heavy (non-hydrogen) atoms. The maximum Gasteiger partial charge on any atom is 0.303 e. The molecule has 0 spiro atoms. The van der Waals surface area contributed by atoms with Gasteiger partial charge in [-0.15, -0.1) is 0 Å². The van der Waals surface area contributed by atoms with Gasteiger partial charge >= 0.3 is 5.97 Å². The smallest absolute Gasteiger partial charge is 0.303 e. The van der Waals surface area contributed by atoms with Gasteiger partial charge in [0, 0.05) is 19.4 Å². The quantitative estimate of drug-likeness (QED) is 0.653. The minimum Gasteiger partial charge on any atom is -0.481 e. The largest absolute Gasteiger partial charge is 0.481 e. The van der Waals surface area contributed by atoms with Gasteiger partial charge in [0.25, 0.3) is 0 Å². The number of hydrogen-bond acceptors (Lipinski definition) is 2. The number of hydrogen-bond donors (Lipinski definition) is 2. The van der Waals surface area contributed by atoms with Crippen molar-refractivity contribution in [3.8, 4) is 0 Å². The summed E-state index contributed by atoms with van der Waals surface area (Å²) in [6.07, 6.45) is 5.52. The van der Waals surface area contributed by atoms with Gasteiger partial charge in [-0.1, -0.05) is 13.3 Å². The van der Waals surface area contributed by atoms with Gasteiger partial charge < -0.3 is 10.4 Å². The number of carboxylic acid groups (broad SMARTS) is 1. The lowest BCUT2D eigenvalue weighted by Gasteiger charge is -2.38. The van der Waals surface area contributed by atoms with Crippen LogP contribution in [-0.4, -0.2) is 23.5 Å². The summed E-state index contributed by atoms with van der Waals surface area (Å²) >= 11 is 0. The number of unbranched alkanes of at least 4 members (excludes halogenated alkanes) is 1. The standard InChI is InChI=1S/C12H21NO3/c1-12(7-4-8-12)9-13-10(14)5-2-3-6-11(15)16/h2-9H2,1H3,(H,13,14)(H,15,16). The summed E-state index contributed by atoms with van der Waals surface area (Å²) in [4.78, 5) is 21.7. The second-order valence-electron chi connectivity index (χ2n) is 5.04. The number of carbonyl (C=O) groups is 2. The van der Waals surface area contributed by atoms with Gasteiger partial charge in [-0.2, -0.15) is 0 Å². The number of carbonyl (C=O) groups excluding carboxylic acids is 1. The van der Waals surface area contributed by atoms with Crippen molar-refractivity contribution in [2.24, 2.45) is 5.41 Å². The first-order chi connectivity index (χ1) is 7.52. The number of carboxylic acids is 1. The highest BCUT2D eigenvalue weighted by Gasteiger charge is 2.31. The summed E-state index contributed by atoms with van der Waals surface area (Å²) < 4.78 is 0. The number of amides is 1. The van der Waals surface area contributed by atoms with Crippen molar-refractivity contribution < 1.29 is 14.7 Å². The molecule has 0 atom stereocenters. The molecule has 0 bridgehead atoms. The molecular weight excluding hydrogens is 206 g/mol. The highest BCUT2D eigenvalue weighted by atomic mass is 16.4. The van der Waals surface area contributed by atoms with Crippen LogP contribution in [-0.2, 0) is 9.59 Å². The molecular formula is C12H21NO3. The third-order valence-electron chi connectivity index (χ3n) is 3.32. The molecule has 92 valence electrons. The average Bonchev–Trinajstić information content (AvgIpc) is 2.18. The van der Waals surface area contributed by atoms with Crippen molar-refractivity contribution in [1.29, 1.82) is 0 Å². The van der Waals surface area contributed by atoms with Crippen LogP contribution in [0.25, 0.3) is 0 Å². The van der Waals surface area contributed by atoms with Crippen molar-refractivity contribution in [1.82, 2.24) is 5.32 Å². The minimum absolute atomic E-state index is 0.0542. The molecule has 0 aromatic heterocycles. The van der Waals surface area contributed by atoms with E-state index in [1.165, 1.54) is 19.3 Å². The van der Waals surface area contributed by atoms with E-state index < -0.39 is 5.97 Å². The Labute approximate surface area is 96.4 Å². The molecule has 0 heterocycles. The zero-order valence-corrected chi connectivity index (χ0v) is 9.92. The normalized spacial score (nSPS) is 17.6. The molecule has 1 aliphatic carbocycles. The second-order valence-corrected chi connectivity index (χ2v) is 5.04. The van der Waals surface area contributed by atoms with Gasteiger partial charge in [0.1, 0.15) is 0 Å². The zero-order chi connectivity index (χ0) is 12.0. The van der Waals surface area contributed by atoms with E-state index in [1.54, 1.807) is 0 Å². The van der Waals surface area contributed by atoms with E-state index in [-0.39, 0.29) is 12.3 Å². The Morgan fingerprint density at radius 2 is 1.88 bits per heavy atom. The maximum atomic E-state index is 11.4. The fourth-order valence-electron chi connectivity index (χ4n) is 1.92. The Kier molecular flexibility index (Phi) is 4.77. The van der Waals surface area contributed by atoms with Gasteiger partial charge in [-0.05, 0) is 31.1 Å². The van der Waals surface area contributed by atoms with E-state index in [2.05, 4.69) is 12.2 Å². The first-order valence-electron chi connectivity index (χ1n) is 6.00. The molecule has 4 nitrogen and oxygen atoms in total. The van der Waals surface area contributed by atoms with Gasteiger partial charge in [0.2, 0.25) is 5.91 Å². The summed E-state index contributed by atoms with van der Waals surface area (Å²) in [6, 6.07) is 0. The Morgan fingerprint density at radius 3 is 2.38 bits per heavy atom. The Balaban J connectivity index is 2.00. The average molecular weight is 227 g/mol. The molecule has 0 aromatic carbocycles. The molecule has 1 amide bonds. The van der Waals surface area contributed by atoms with Crippen LogP contribution in [0.2, 0.25) is 0 Å². The topological polar surface area (TPSA) is 66.4 Å². The summed E-state index contributed by atoms with van der Waals surface area (Å²) in [7, 11) is 0. The highest BCUT2D eigenvalue weighted by molar-refractivity contribution is 5.76. The van der Waals surface area contributed by atoms with Crippen molar-refractivity contribution in [3.05, 3.63) is 0 Å². The molecule has 1 saturated carbocycles. The lowest BCUT2D eigenvalue weighted by atomic mass is 9.70. The first-order valence-corrected chi connectivity index (χ1v) is 6.00. The SMILES string of the molecule is CC1(CNC(=O)CCCCC(=O)O)CCC1. The molecule has 0 aliphatic heterocycles. The van der Waals surface area contributed by atoms with Gasteiger partial charge in [0.05, 0.1) is 0 Å². The molecule has 4 heteroatoms. The van der Waals surface area contributed by atoms with Crippen molar-refractivity contribution in [2.75, 3.05) is 6.54 Å². The van der Waals surface area contributed by atoms with Crippen LogP contribution >= 0.6 is 0 Å². The molecule has 0 radical (unpaired) electrons. The third kappa shape index (κ3) is 4.64. The van der Waals surface area contributed by atoms with Crippen LogP contribution in [0, 0.1) is 5.41 Å². The number of nitrogens with one attached hydrogen (secondary N) is 1. The van der Waals surface area contributed by atoms with Crippen molar-refractivity contribution in [2.45, 2.75) is 51.9 Å². The lowest BCUT2D eigenvalue weighted by molar-refractivity contribution is -0.137. The minimum atomic E-state index is -0.789. The Bertz CT molecular complexity index is 259. The predicted molar refractivity (Wildman–Crippen MR) is 61.1 cm³/mol. The van der Waals surface area contributed by atoms with Crippen LogP contribution in [0.5, 0.6) is 0 Å². The Hall–Kier alpha value is -1.06.